The second-order valence-corrected chi connectivity index (χ2v) is 6.27. The number of hydrogen-bond acceptors (Lipinski definition) is 3. The second-order valence-electron chi connectivity index (χ2n) is 6.27. The summed E-state index contributed by atoms with van der Waals surface area (Å²) in [5.74, 6) is -0.130. The molecule has 0 bridgehead atoms. The lowest BCUT2D eigenvalue weighted by Crippen LogP contribution is -2.49. The van der Waals surface area contributed by atoms with E-state index in [4.69, 9.17) is 4.74 Å². The largest absolute Gasteiger partial charge is 0.380 e. The van der Waals surface area contributed by atoms with Gasteiger partial charge in [-0.05, 0) is 37.4 Å². The third kappa shape index (κ3) is 3.79. The Balaban J connectivity index is 1.79. The molecule has 0 amide bonds. The first-order valence-corrected chi connectivity index (χ1v) is 8.15. The molecule has 23 heavy (non-hydrogen) atoms. The molecule has 3 rings (SSSR count). The number of aryl methyl sites for hydroxylation is 1. The van der Waals surface area contributed by atoms with Crippen molar-refractivity contribution in [2.24, 2.45) is 7.05 Å². The molecule has 4 nitrogen and oxygen atoms in total. The number of ether oxygens (including phenoxy) is 1. The fourth-order valence-corrected chi connectivity index (χ4v) is 3.50. The molecule has 1 aliphatic rings. The monoisotopic (exact) mass is 317 g/mol. The van der Waals surface area contributed by atoms with Crippen LogP contribution in [0.5, 0.6) is 0 Å². The van der Waals surface area contributed by atoms with E-state index >= 15 is 0 Å². The summed E-state index contributed by atoms with van der Waals surface area (Å²) in [5.41, 5.74) is 1.94. The van der Waals surface area contributed by atoms with Gasteiger partial charge in [-0.1, -0.05) is 18.2 Å². The van der Waals surface area contributed by atoms with E-state index in [-0.39, 0.29) is 18.0 Å². The van der Waals surface area contributed by atoms with E-state index in [0.29, 0.717) is 6.42 Å². The van der Waals surface area contributed by atoms with Crippen LogP contribution >= 0.6 is 0 Å². The van der Waals surface area contributed by atoms with Gasteiger partial charge < -0.3 is 4.74 Å². The number of rotatable bonds is 5. The molecule has 0 N–H and O–H groups in total. The summed E-state index contributed by atoms with van der Waals surface area (Å²) < 4.78 is 21.6. The van der Waals surface area contributed by atoms with Crippen molar-refractivity contribution in [3.05, 3.63) is 53.6 Å². The lowest BCUT2D eigenvalue weighted by molar-refractivity contribution is -0.0220. The Morgan fingerprint density at radius 3 is 2.87 bits per heavy atom. The predicted molar refractivity (Wildman–Crippen MR) is 87.5 cm³/mol. The van der Waals surface area contributed by atoms with Gasteiger partial charge in [0.05, 0.1) is 12.3 Å². The summed E-state index contributed by atoms with van der Waals surface area (Å²) in [6.45, 7) is 1.83. The second kappa shape index (κ2) is 7.23. The number of benzene rings is 1. The van der Waals surface area contributed by atoms with Gasteiger partial charge in [0.1, 0.15) is 5.82 Å². The summed E-state index contributed by atoms with van der Waals surface area (Å²) in [5, 5.41) is 4.24. The van der Waals surface area contributed by atoms with Crippen molar-refractivity contribution in [3.63, 3.8) is 0 Å². The molecule has 0 aliphatic carbocycles. The molecule has 0 spiro atoms. The molecular weight excluding hydrogens is 293 g/mol. The van der Waals surface area contributed by atoms with Gasteiger partial charge in [-0.15, -0.1) is 0 Å². The lowest BCUT2D eigenvalue weighted by atomic mass is 9.92. The van der Waals surface area contributed by atoms with Gasteiger partial charge in [0.25, 0.3) is 0 Å². The van der Waals surface area contributed by atoms with E-state index in [1.165, 1.54) is 11.6 Å². The van der Waals surface area contributed by atoms with Crippen molar-refractivity contribution in [2.75, 3.05) is 13.7 Å². The van der Waals surface area contributed by atoms with Crippen LogP contribution in [-0.2, 0) is 24.8 Å². The van der Waals surface area contributed by atoms with Gasteiger partial charge in [0.2, 0.25) is 0 Å². The standard InChI is InChI=1S/C18H24FN3O/c1-21-12-14(11-20-21)13-22-9-5-8-18(23-2)17(22)10-15-6-3-4-7-16(15)19/h3-4,6-7,11-12,17-18H,5,8-10,13H2,1-2H3/t17-,18-/m0/s1. The predicted octanol–water partition coefficient (Wildman–Crippen LogP) is 2.78. The van der Waals surface area contributed by atoms with Crippen LogP contribution in [0.1, 0.15) is 24.0 Å². The van der Waals surface area contributed by atoms with Crippen molar-refractivity contribution in [1.29, 1.82) is 0 Å². The Labute approximate surface area is 136 Å². The average Bonchev–Trinajstić information content (AvgIpc) is 2.96. The molecule has 1 saturated heterocycles. The van der Waals surface area contributed by atoms with Crippen LogP contribution in [-0.4, -0.2) is 40.5 Å². The summed E-state index contributed by atoms with van der Waals surface area (Å²) in [6.07, 6.45) is 6.88. The number of nitrogens with zero attached hydrogens (tertiary/aromatic N) is 3. The highest BCUT2D eigenvalue weighted by molar-refractivity contribution is 5.19. The Bertz CT molecular complexity index is 643. The summed E-state index contributed by atoms with van der Waals surface area (Å²) in [6, 6.07) is 7.23. The molecule has 1 fully saturated rings. The Morgan fingerprint density at radius 1 is 1.35 bits per heavy atom. The van der Waals surface area contributed by atoms with E-state index in [2.05, 4.69) is 10.00 Å². The first kappa shape index (κ1) is 16.1. The fourth-order valence-electron chi connectivity index (χ4n) is 3.50. The Kier molecular flexibility index (Phi) is 5.08. The van der Waals surface area contributed by atoms with Gasteiger partial charge in [0, 0.05) is 38.5 Å². The average molecular weight is 317 g/mol. The molecule has 2 atom stereocenters. The minimum atomic E-state index is -0.130. The zero-order valence-corrected chi connectivity index (χ0v) is 13.8. The van der Waals surface area contributed by atoms with E-state index in [1.54, 1.807) is 13.2 Å². The van der Waals surface area contributed by atoms with E-state index in [9.17, 15) is 4.39 Å². The highest BCUT2D eigenvalue weighted by atomic mass is 19.1. The zero-order chi connectivity index (χ0) is 16.2. The zero-order valence-electron chi connectivity index (χ0n) is 13.8. The number of likely N-dealkylation sites (tertiary alicyclic amines) is 1. The first-order valence-electron chi connectivity index (χ1n) is 8.15. The summed E-state index contributed by atoms with van der Waals surface area (Å²) in [7, 11) is 3.68. The summed E-state index contributed by atoms with van der Waals surface area (Å²) in [4.78, 5) is 2.40. The third-order valence-electron chi connectivity index (χ3n) is 4.67. The van der Waals surface area contributed by atoms with Crippen LogP contribution < -0.4 is 0 Å². The minimum absolute atomic E-state index is 0.130. The van der Waals surface area contributed by atoms with Crippen LogP contribution in [0.25, 0.3) is 0 Å². The van der Waals surface area contributed by atoms with Crippen molar-refractivity contribution in [3.8, 4) is 0 Å². The van der Waals surface area contributed by atoms with Gasteiger partial charge in [-0.2, -0.15) is 5.10 Å². The molecule has 0 unspecified atom stereocenters. The van der Waals surface area contributed by atoms with E-state index < -0.39 is 0 Å². The van der Waals surface area contributed by atoms with Crippen LogP contribution in [0, 0.1) is 5.82 Å². The van der Waals surface area contributed by atoms with Crippen molar-refractivity contribution in [2.45, 2.75) is 38.0 Å². The molecule has 2 aromatic rings. The normalized spacial score (nSPS) is 22.4. The number of hydrogen-bond donors (Lipinski definition) is 0. The highest BCUT2D eigenvalue weighted by Gasteiger charge is 2.32. The molecule has 0 radical (unpaired) electrons. The topological polar surface area (TPSA) is 30.3 Å². The molecule has 5 heteroatoms. The van der Waals surface area contributed by atoms with Gasteiger partial charge in [-0.3, -0.25) is 9.58 Å². The minimum Gasteiger partial charge on any atom is -0.380 e. The van der Waals surface area contributed by atoms with Crippen LogP contribution in [0.3, 0.4) is 0 Å². The number of methoxy groups -OCH3 is 1. The van der Waals surface area contributed by atoms with Crippen molar-refractivity contribution in [1.82, 2.24) is 14.7 Å². The van der Waals surface area contributed by atoms with Crippen molar-refractivity contribution >= 4 is 0 Å². The Hall–Kier alpha value is -1.72. The van der Waals surface area contributed by atoms with Crippen molar-refractivity contribution < 1.29 is 9.13 Å². The van der Waals surface area contributed by atoms with E-state index in [0.717, 1.165) is 31.5 Å². The smallest absolute Gasteiger partial charge is 0.126 e. The van der Waals surface area contributed by atoms with Crippen LogP contribution in [0.4, 0.5) is 4.39 Å². The molecule has 0 saturated carbocycles. The highest BCUT2D eigenvalue weighted by Crippen LogP contribution is 2.26. The van der Waals surface area contributed by atoms with Crippen LogP contribution in [0.2, 0.25) is 0 Å². The number of halogens is 1. The third-order valence-corrected chi connectivity index (χ3v) is 4.67. The SMILES string of the molecule is CO[C@H]1CCCN(Cc2cnn(C)c2)[C@H]1Cc1ccccc1F. The Morgan fingerprint density at radius 2 is 2.17 bits per heavy atom. The molecular formula is C18H24FN3O. The molecule has 1 aromatic heterocycles. The maximum atomic E-state index is 14.1. The van der Waals surface area contributed by atoms with Gasteiger partial charge in [-0.25, -0.2) is 4.39 Å². The number of piperidine rings is 1. The van der Waals surface area contributed by atoms with E-state index in [1.807, 2.05) is 36.3 Å². The fraction of sp³-hybridized carbons (Fsp3) is 0.500. The maximum absolute atomic E-state index is 14.1. The molecule has 124 valence electrons. The quantitative estimate of drug-likeness (QED) is 0.849. The molecule has 1 aromatic carbocycles. The maximum Gasteiger partial charge on any atom is 0.126 e. The summed E-state index contributed by atoms with van der Waals surface area (Å²) >= 11 is 0. The van der Waals surface area contributed by atoms with Gasteiger partial charge >= 0.3 is 0 Å². The van der Waals surface area contributed by atoms with Crippen LogP contribution in [0.15, 0.2) is 36.7 Å². The first-order chi connectivity index (χ1) is 11.2. The lowest BCUT2D eigenvalue weighted by Gasteiger charge is -2.40. The molecule has 2 heterocycles. The van der Waals surface area contributed by atoms with Gasteiger partial charge in [0.15, 0.2) is 0 Å². The number of aromatic nitrogens is 2. The molecule has 1 aliphatic heterocycles.